The molecule has 1 aliphatic rings. The fourth-order valence-electron chi connectivity index (χ4n) is 3.21. The number of nitrogens with zero attached hydrogens (tertiary/aromatic N) is 3. The summed E-state index contributed by atoms with van der Waals surface area (Å²) in [6, 6.07) is 3.48. The number of piperidine rings is 1. The molecule has 0 unspecified atom stereocenters. The van der Waals surface area contributed by atoms with Crippen LogP contribution < -0.4 is 5.56 Å². The first-order valence-corrected chi connectivity index (χ1v) is 10.3. The zero-order valence-corrected chi connectivity index (χ0v) is 15.7. The first-order valence-electron chi connectivity index (χ1n) is 8.49. The van der Waals surface area contributed by atoms with E-state index in [4.69, 9.17) is 0 Å². The fourth-order valence-corrected chi connectivity index (χ4v) is 4.48. The van der Waals surface area contributed by atoms with Gasteiger partial charge in [0.2, 0.25) is 5.91 Å². The summed E-state index contributed by atoms with van der Waals surface area (Å²) in [5.74, 6) is 1.03. The van der Waals surface area contributed by atoms with Gasteiger partial charge in [-0.25, -0.2) is 9.97 Å². The Bertz CT molecular complexity index is 927. The van der Waals surface area contributed by atoms with Crippen molar-refractivity contribution in [3.05, 3.63) is 56.2 Å². The molecule has 1 fully saturated rings. The molecule has 0 aliphatic carbocycles. The number of aromatic nitrogens is 3. The highest BCUT2D eigenvalue weighted by Crippen LogP contribution is 2.27. The Morgan fingerprint density at radius 1 is 1.31 bits per heavy atom. The lowest BCUT2D eigenvalue weighted by Gasteiger charge is -2.31. The lowest BCUT2D eigenvalue weighted by Crippen LogP contribution is -2.39. The van der Waals surface area contributed by atoms with E-state index in [2.05, 4.69) is 15.0 Å². The number of hydrogen-bond donors (Lipinski definition) is 1. The van der Waals surface area contributed by atoms with Crippen LogP contribution in [0.25, 0.3) is 10.7 Å². The van der Waals surface area contributed by atoms with E-state index >= 15 is 0 Å². The number of likely N-dealkylation sites (tertiary alicyclic amines) is 1. The van der Waals surface area contributed by atoms with Crippen LogP contribution in [0.4, 0.5) is 0 Å². The molecular formula is C18H18N4O2S2. The van der Waals surface area contributed by atoms with Crippen molar-refractivity contribution in [3.8, 4) is 10.7 Å². The highest BCUT2D eigenvalue weighted by molar-refractivity contribution is 7.13. The summed E-state index contributed by atoms with van der Waals surface area (Å²) in [6.45, 7) is 1.39. The molecular weight excluding hydrogens is 368 g/mol. The van der Waals surface area contributed by atoms with Crippen LogP contribution in [0.15, 0.2) is 39.3 Å². The molecule has 3 aromatic rings. The third kappa shape index (κ3) is 3.76. The summed E-state index contributed by atoms with van der Waals surface area (Å²) in [6.07, 6.45) is 3.78. The Morgan fingerprint density at radius 2 is 2.15 bits per heavy atom. The first-order chi connectivity index (χ1) is 12.7. The number of hydrogen-bond acceptors (Lipinski definition) is 6. The summed E-state index contributed by atoms with van der Waals surface area (Å²) in [7, 11) is 0. The molecule has 1 amide bonds. The monoisotopic (exact) mass is 386 g/mol. The van der Waals surface area contributed by atoms with Gasteiger partial charge in [0.05, 0.1) is 6.42 Å². The van der Waals surface area contributed by atoms with Crippen molar-refractivity contribution in [2.75, 3.05) is 13.1 Å². The Hall–Kier alpha value is -2.32. The van der Waals surface area contributed by atoms with Gasteiger partial charge in [-0.1, -0.05) is 0 Å². The number of thiophene rings is 1. The molecule has 4 heterocycles. The maximum atomic E-state index is 12.4. The Kier molecular flexibility index (Phi) is 4.94. The van der Waals surface area contributed by atoms with Gasteiger partial charge >= 0.3 is 0 Å². The number of carbonyl (C=O) groups is 1. The summed E-state index contributed by atoms with van der Waals surface area (Å²) in [4.78, 5) is 38.1. The number of H-pyrrole nitrogens is 1. The Balaban J connectivity index is 1.43. The SMILES string of the molecule is O=C(Cc1ccsc1)N1CCC(c2nc(-c3nccs3)cc(=O)[nH]2)CC1. The van der Waals surface area contributed by atoms with E-state index in [0.717, 1.165) is 23.4 Å². The maximum Gasteiger partial charge on any atom is 0.251 e. The molecule has 4 rings (SSSR count). The van der Waals surface area contributed by atoms with Crippen molar-refractivity contribution in [2.24, 2.45) is 0 Å². The molecule has 0 aromatic carbocycles. The van der Waals surface area contributed by atoms with Gasteiger partial charge < -0.3 is 9.88 Å². The molecule has 1 N–H and O–H groups in total. The first kappa shape index (κ1) is 17.1. The van der Waals surface area contributed by atoms with Crippen LogP contribution in [0.2, 0.25) is 0 Å². The standard InChI is InChI=1S/C18H18N4O2S2/c23-15-10-14(18-19-4-8-26-18)20-17(21-15)13-1-5-22(6-2-13)16(24)9-12-3-7-25-11-12/h3-4,7-8,10-11,13H,1-2,5-6,9H2,(H,20,21,23). The number of carbonyl (C=O) groups excluding carboxylic acids is 1. The molecule has 0 radical (unpaired) electrons. The zero-order valence-electron chi connectivity index (χ0n) is 14.1. The smallest absolute Gasteiger partial charge is 0.251 e. The minimum absolute atomic E-state index is 0.156. The van der Waals surface area contributed by atoms with Crippen LogP contribution >= 0.6 is 22.7 Å². The number of nitrogens with one attached hydrogen (secondary N) is 1. The van der Waals surface area contributed by atoms with E-state index in [0.29, 0.717) is 31.0 Å². The van der Waals surface area contributed by atoms with Crippen molar-refractivity contribution >= 4 is 28.6 Å². The van der Waals surface area contributed by atoms with Crippen LogP contribution in [0.5, 0.6) is 0 Å². The number of rotatable bonds is 4. The van der Waals surface area contributed by atoms with Gasteiger partial charge in [-0.2, -0.15) is 11.3 Å². The van der Waals surface area contributed by atoms with Crippen molar-refractivity contribution in [1.82, 2.24) is 19.9 Å². The van der Waals surface area contributed by atoms with E-state index in [-0.39, 0.29) is 17.4 Å². The van der Waals surface area contributed by atoms with Crippen LogP contribution in [-0.4, -0.2) is 38.8 Å². The van der Waals surface area contributed by atoms with Crippen LogP contribution in [-0.2, 0) is 11.2 Å². The zero-order chi connectivity index (χ0) is 17.9. The van der Waals surface area contributed by atoms with Crippen LogP contribution in [0, 0.1) is 0 Å². The lowest BCUT2D eigenvalue weighted by atomic mass is 9.95. The van der Waals surface area contributed by atoms with E-state index in [9.17, 15) is 9.59 Å². The highest BCUT2D eigenvalue weighted by atomic mass is 32.1. The fraction of sp³-hybridized carbons (Fsp3) is 0.333. The number of aromatic amines is 1. The third-order valence-electron chi connectivity index (χ3n) is 4.58. The minimum Gasteiger partial charge on any atom is -0.342 e. The topological polar surface area (TPSA) is 79.0 Å². The van der Waals surface area contributed by atoms with Gasteiger partial charge in [0.1, 0.15) is 16.5 Å². The predicted octanol–water partition coefficient (Wildman–Crippen LogP) is 2.90. The summed E-state index contributed by atoms with van der Waals surface area (Å²) < 4.78 is 0. The van der Waals surface area contributed by atoms with Crippen LogP contribution in [0.1, 0.15) is 30.1 Å². The Labute approximate surface area is 158 Å². The molecule has 26 heavy (non-hydrogen) atoms. The average molecular weight is 387 g/mol. The maximum absolute atomic E-state index is 12.4. The lowest BCUT2D eigenvalue weighted by molar-refractivity contribution is -0.131. The summed E-state index contributed by atoms with van der Waals surface area (Å²) in [5.41, 5.74) is 1.54. The third-order valence-corrected chi connectivity index (χ3v) is 6.11. The number of amides is 1. The molecule has 1 aliphatic heterocycles. The van der Waals surface area contributed by atoms with E-state index < -0.39 is 0 Å². The molecule has 0 atom stereocenters. The molecule has 0 saturated carbocycles. The van der Waals surface area contributed by atoms with Gasteiger partial charge in [-0.05, 0) is 35.2 Å². The molecule has 0 spiro atoms. The van der Waals surface area contributed by atoms with Gasteiger partial charge in [0.25, 0.3) is 5.56 Å². The van der Waals surface area contributed by atoms with Crippen molar-refractivity contribution < 1.29 is 4.79 Å². The molecule has 0 bridgehead atoms. The van der Waals surface area contributed by atoms with E-state index in [1.165, 1.54) is 17.4 Å². The average Bonchev–Trinajstić information content (AvgIpc) is 3.35. The highest BCUT2D eigenvalue weighted by Gasteiger charge is 2.25. The minimum atomic E-state index is -0.156. The second-order valence-corrected chi connectivity index (χ2v) is 7.99. The molecule has 6 nitrogen and oxygen atoms in total. The van der Waals surface area contributed by atoms with Gasteiger partial charge in [0.15, 0.2) is 0 Å². The molecule has 8 heteroatoms. The second-order valence-electron chi connectivity index (χ2n) is 6.32. The van der Waals surface area contributed by atoms with Gasteiger partial charge in [-0.3, -0.25) is 9.59 Å². The van der Waals surface area contributed by atoms with E-state index in [1.807, 2.05) is 27.1 Å². The van der Waals surface area contributed by atoms with E-state index in [1.54, 1.807) is 17.5 Å². The van der Waals surface area contributed by atoms with Gasteiger partial charge in [0, 0.05) is 36.7 Å². The normalized spacial score (nSPS) is 15.3. The summed E-state index contributed by atoms with van der Waals surface area (Å²) in [5, 5.41) is 6.63. The Morgan fingerprint density at radius 3 is 2.85 bits per heavy atom. The summed E-state index contributed by atoms with van der Waals surface area (Å²) >= 11 is 3.08. The van der Waals surface area contributed by atoms with Gasteiger partial charge in [-0.15, -0.1) is 11.3 Å². The second kappa shape index (κ2) is 7.51. The van der Waals surface area contributed by atoms with Crippen LogP contribution in [0.3, 0.4) is 0 Å². The van der Waals surface area contributed by atoms with Crippen molar-refractivity contribution in [1.29, 1.82) is 0 Å². The molecule has 3 aromatic heterocycles. The quantitative estimate of drug-likeness (QED) is 0.748. The van der Waals surface area contributed by atoms with Crippen molar-refractivity contribution in [3.63, 3.8) is 0 Å². The largest absolute Gasteiger partial charge is 0.342 e. The predicted molar refractivity (Wildman–Crippen MR) is 103 cm³/mol. The number of thiazole rings is 1. The molecule has 1 saturated heterocycles. The molecule has 134 valence electrons. The van der Waals surface area contributed by atoms with Crippen molar-refractivity contribution in [2.45, 2.75) is 25.2 Å².